The van der Waals surface area contributed by atoms with Gasteiger partial charge in [-0.2, -0.15) is 18.3 Å². The van der Waals surface area contributed by atoms with Crippen molar-refractivity contribution in [3.05, 3.63) is 11.8 Å². The van der Waals surface area contributed by atoms with E-state index in [0.29, 0.717) is 5.59 Å². The van der Waals surface area contributed by atoms with Gasteiger partial charge < -0.3 is 0 Å². The molecule has 0 aliphatic rings. The molecule has 0 fully saturated rings. The van der Waals surface area contributed by atoms with Crippen LogP contribution in [0, 0.1) is 0 Å². The highest BCUT2D eigenvalue weighted by Gasteiger charge is 2.33. The molecule has 0 unspecified atom stereocenters. The van der Waals surface area contributed by atoms with E-state index in [1.165, 1.54) is 11.7 Å². The summed E-state index contributed by atoms with van der Waals surface area (Å²) in [7, 11) is 3.05. The van der Waals surface area contributed by atoms with Crippen LogP contribution in [0.3, 0.4) is 0 Å². The Bertz CT molecular complexity index is 246. The Morgan fingerprint density at radius 2 is 2.09 bits per heavy atom. The number of aryl methyl sites for hydroxylation is 1. The summed E-state index contributed by atoms with van der Waals surface area (Å²) in [6, 6.07) is 1.01. The van der Waals surface area contributed by atoms with Crippen LogP contribution < -0.4 is 5.59 Å². The van der Waals surface area contributed by atoms with Gasteiger partial charge in [0.2, 0.25) is 0 Å². The van der Waals surface area contributed by atoms with Crippen LogP contribution in [0.15, 0.2) is 6.07 Å². The van der Waals surface area contributed by atoms with Crippen LogP contribution >= 0.6 is 0 Å². The van der Waals surface area contributed by atoms with Crippen LogP contribution in [0.4, 0.5) is 13.2 Å². The molecule has 0 atom stereocenters. The largest absolute Gasteiger partial charge is 0.435 e. The Labute approximate surface area is 62.4 Å². The average Bonchev–Trinajstić information content (AvgIpc) is 2.11. The maximum Gasteiger partial charge on any atom is 0.435 e. The molecule has 0 aliphatic heterocycles. The lowest BCUT2D eigenvalue weighted by Gasteiger charge is -1.99. The molecule has 1 rings (SSSR count). The van der Waals surface area contributed by atoms with E-state index in [0.717, 1.165) is 6.07 Å². The van der Waals surface area contributed by atoms with Crippen LogP contribution in [0.2, 0.25) is 0 Å². The first-order valence-corrected chi connectivity index (χ1v) is 2.99. The smallest absolute Gasteiger partial charge is 0.282 e. The molecular weight excluding hydrogens is 156 g/mol. The first kappa shape index (κ1) is 8.16. The zero-order chi connectivity index (χ0) is 8.65. The number of nitrogens with zero attached hydrogens (tertiary/aromatic N) is 2. The summed E-state index contributed by atoms with van der Waals surface area (Å²) in [4.78, 5) is 0. The van der Waals surface area contributed by atoms with Crippen molar-refractivity contribution >= 4 is 13.4 Å². The van der Waals surface area contributed by atoms with Crippen molar-refractivity contribution in [2.24, 2.45) is 7.05 Å². The molecule has 1 heterocycles. The van der Waals surface area contributed by atoms with Crippen molar-refractivity contribution in [1.82, 2.24) is 9.78 Å². The molecule has 0 saturated heterocycles. The van der Waals surface area contributed by atoms with E-state index in [4.69, 9.17) is 0 Å². The van der Waals surface area contributed by atoms with Gasteiger partial charge in [0, 0.05) is 7.05 Å². The van der Waals surface area contributed by atoms with Crippen molar-refractivity contribution < 1.29 is 13.2 Å². The molecule has 6 heteroatoms. The molecule has 0 spiro atoms. The van der Waals surface area contributed by atoms with E-state index in [1.807, 2.05) is 0 Å². The maximum atomic E-state index is 11.9. The number of alkyl halides is 3. The third-order valence-electron chi connectivity index (χ3n) is 1.40. The Hall–Kier alpha value is -0.935. The highest BCUT2D eigenvalue weighted by atomic mass is 19.4. The van der Waals surface area contributed by atoms with E-state index in [1.54, 1.807) is 7.85 Å². The van der Waals surface area contributed by atoms with Crippen molar-refractivity contribution in [3.8, 4) is 0 Å². The normalized spacial score (nSPS) is 12.0. The van der Waals surface area contributed by atoms with Gasteiger partial charge in [-0.15, -0.1) is 0 Å². The molecule has 0 N–H and O–H groups in total. The minimum absolute atomic E-state index is 0.498. The van der Waals surface area contributed by atoms with Crippen molar-refractivity contribution in [2.45, 2.75) is 6.18 Å². The Kier molecular flexibility index (Phi) is 1.70. The molecule has 0 saturated carbocycles. The standard InChI is InChI=1S/C5H6BF3N2/c1-11-4(6)2-3(10-11)5(7,8)9/h2H,6H2,1H3. The molecular formula is C5H6BF3N2. The zero-order valence-corrected chi connectivity index (χ0v) is 6.11. The predicted octanol–water partition coefficient (Wildman–Crippen LogP) is -0.303. The summed E-state index contributed by atoms with van der Waals surface area (Å²) < 4.78 is 36.9. The molecule has 0 bridgehead atoms. The number of rotatable bonds is 0. The molecule has 0 radical (unpaired) electrons. The first-order valence-electron chi connectivity index (χ1n) is 2.99. The summed E-state index contributed by atoms with van der Waals surface area (Å²) in [5, 5.41) is 3.27. The van der Waals surface area contributed by atoms with Gasteiger partial charge in [-0.25, -0.2) is 0 Å². The molecule has 1 aromatic heterocycles. The quantitative estimate of drug-likeness (QED) is 0.478. The second kappa shape index (κ2) is 2.28. The summed E-state index contributed by atoms with van der Waals surface area (Å²) in [6.07, 6.45) is -4.33. The minimum atomic E-state index is -4.33. The number of hydrogen-bond donors (Lipinski definition) is 0. The van der Waals surface area contributed by atoms with Gasteiger partial charge in [0.05, 0.1) is 0 Å². The lowest BCUT2D eigenvalue weighted by atomic mass is 10.1. The highest BCUT2D eigenvalue weighted by molar-refractivity contribution is 6.30. The van der Waals surface area contributed by atoms with Crippen LogP contribution in [0.25, 0.3) is 0 Å². The maximum absolute atomic E-state index is 11.9. The second-order valence-corrected chi connectivity index (χ2v) is 2.29. The lowest BCUT2D eigenvalue weighted by Crippen LogP contribution is -2.13. The Morgan fingerprint density at radius 3 is 2.27 bits per heavy atom. The average molecular weight is 162 g/mol. The third kappa shape index (κ3) is 1.55. The van der Waals surface area contributed by atoms with Crippen LogP contribution in [0.1, 0.15) is 5.69 Å². The fourth-order valence-electron chi connectivity index (χ4n) is 0.699. The van der Waals surface area contributed by atoms with Gasteiger partial charge in [0.25, 0.3) is 0 Å². The summed E-state index contributed by atoms with van der Waals surface area (Å²) in [6.45, 7) is 0. The van der Waals surface area contributed by atoms with Crippen molar-refractivity contribution in [1.29, 1.82) is 0 Å². The molecule has 60 valence electrons. The van der Waals surface area contributed by atoms with Gasteiger partial charge >= 0.3 is 6.18 Å². The fourth-order valence-corrected chi connectivity index (χ4v) is 0.699. The van der Waals surface area contributed by atoms with Gasteiger partial charge in [0.15, 0.2) is 13.5 Å². The predicted molar refractivity (Wildman–Crippen MR) is 36.4 cm³/mol. The third-order valence-corrected chi connectivity index (χ3v) is 1.40. The second-order valence-electron chi connectivity index (χ2n) is 2.29. The van der Waals surface area contributed by atoms with E-state index in [9.17, 15) is 13.2 Å². The Morgan fingerprint density at radius 1 is 1.55 bits per heavy atom. The first-order chi connectivity index (χ1) is 4.91. The minimum Gasteiger partial charge on any atom is -0.282 e. The van der Waals surface area contributed by atoms with Crippen LogP contribution in [-0.2, 0) is 13.2 Å². The molecule has 0 amide bonds. The monoisotopic (exact) mass is 162 g/mol. The van der Waals surface area contributed by atoms with Gasteiger partial charge in [-0.3, -0.25) is 4.68 Å². The number of aromatic nitrogens is 2. The zero-order valence-electron chi connectivity index (χ0n) is 6.11. The molecule has 0 aliphatic carbocycles. The summed E-state index contributed by atoms with van der Waals surface area (Å²) >= 11 is 0. The highest BCUT2D eigenvalue weighted by Crippen LogP contribution is 2.26. The SMILES string of the molecule is Bc1cc(C(F)(F)F)nn1C. The molecule has 2 nitrogen and oxygen atoms in total. The van der Waals surface area contributed by atoms with E-state index in [2.05, 4.69) is 5.10 Å². The molecule has 11 heavy (non-hydrogen) atoms. The summed E-state index contributed by atoms with van der Waals surface area (Å²) in [5.74, 6) is 0. The van der Waals surface area contributed by atoms with Gasteiger partial charge in [-0.1, -0.05) is 0 Å². The topological polar surface area (TPSA) is 17.8 Å². The van der Waals surface area contributed by atoms with Gasteiger partial charge in [-0.05, 0) is 11.7 Å². The van der Waals surface area contributed by atoms with Crippen LogP contribution in [0.5, 0.6) is 0 Å². The van der Waals surface area contributed by atoms with E-state index >= 15 is 0 Å². The van der Waals surface area contributed by atoms with Crippen LogP contribution in [-0.4, -0.2) is 17.6 Å². The van der Waals surface area contributed by atoms with Gasteiger partial charge in [0.1, 0.15) is 0 Å². The fraction of sp³-hybridized carbons (Fsp3) is 0.400. The van der Waals surface area contributed by atoms with Crippen molar-refractivity contribution in [2.75, 3.05) is 0 Å². The molecule has 0 aromatic carbocycles. The number of hydrogen-bond acceptors (Lipinski definition) is 1. The van der Waals surface area contributed by atoms with Crippen molar-refractivity contribution in [3.63, 3.8) is 0 Å². The van der Waals surface area contributed by atoms with E-state index < -0.39 is 11.9 Å². The molecule has 1 aromatic rings. The lowest BCUT2D eigenvalue weighted by molar-refractivity contribution is -0.141. The van der Waals surface area contributed by atoms with E-state index in [-0.39, 0.29) is 0 Å². The summed E-state index contributed by atoms with van der Waals surface area (Å²) in [5.41, 5.74) is -0.338. The Balaban J connectivity index is 3.08. The number of halogens is 3.